The molecule has 1 rings (SSSR count). The molecule has 6 heteroatoms. The predicted molar refractivity (Wildman–Crippen MR) is 60.2 cm³/mol. The Kier molecular flexibility index (Phi) is 4.09. The molecule has 6 nitrogen and oxygen atoms in total. The molecule has 0 aliphatic carbocycles. The third-order valence-electron chi connectivity index (χ3n) is 2.75. The van der Waals surface area contributed by atoms with Gasteiger partial charge in [0, 0.05) is 19.6 Å². The summed E-state index contributed by atoms with van der Waals surface area (Å²) in [6.07, 6.45) is 0. The zero-order valence-corrected chi connectivity index (χ0v) is 10.3. The monoisotopic (exact) mass is 242 g/mol. The Morgan fingerprint density at radius 2 is 1.82 bits per heavy atom. The Bertz CT molecular complexity index is 340. The number of hydrogen-bond acceptors (Lipinski definition) is 3. The maximum absolute atomic E-state index is 11.7. The van der Waals surface area contributed by atoms with Crippen LogP contribution in [0.5, 0.6) is 0 Å². The number of carboxylic acid groups (broad SMARTS) is 1. The lowest BCUT2D eigenvalue weighted by molar-refractivity contribution is -0.162. The van der Waals surface area contributed by atoms with E-state index in [9.17, 15) is 14.4 Å². The molecule has 1 heterocycles. The van der Waals surface area contributed by atoms with Crippen molar-refractivity contribution >= 4 is 17.8 Å². The van der Waals surface area contributed by atoms with Crippen LogP contribution in [0.1, 0.15) is 20.8 Å². The van der Waals surface area contributed by atoms with E-state index in [4.69, 9.17) is 5.11 Å². The highest BCUT2D eigenvalue weighted by atomic mass is 16.4. The number of aliphatic carboxylic acids is 1. The predicted octanol–water partition coefficient (Wildman–Crippen LogP) is -0.214. The number of nitrogens with zero attached hydrogens (tertiary/aromatic N) is 2. The molecule has 1 aliphatic heterocycles. The molecule has 2 amide bonds. The molecule has 1 saturated heterocycles. The Morgan fingerprint density at radius 3 is 2.29 bits per heavy atom. The summed E-state index contributed by atoms with van der Waals surface area (Å²) in [7, 11) is 0. The average molecular weight is 242 g/mol. The van der Waals surface area contributed by atoms with E-state index in [-0.39, 0.29) is 12.5 Å². The quantitative estimate of drug-likeness (QED) is 0.692. The summed E-state index contributed by atoms with van der Waals surface area (Å²) in [5, 5.41) is 8.83. The van der Waals surface area contributed by atoms with Crippen LogP contribution in [0.2, 0.25) is 0 Å². The topological polar surface area (TPSA) is 77.9 Å². The molecule has 0 aromatic rings. The highest BCUT2D eigenvalue weighted by Gasteiger charge is 2.37. The molecule has 1 unspecified atom stereocenters. The Hall–Kier alpha value is -1.59. The maximum atomic E-state index is 11.7. The van der Waals surface area contributed by atoms with Crippen LogP contribution < -0.4 is 0 Å². The zero-order valence-electron chi connectivity index (χ0n) is 10.3. The average Bonchev–Trinajstić information content (AvgIpc) is 2.23. The van der Waals surface area contributed by atoms with E-state index in [1.54, 1.807) is 0 Å². The molecule has 0 saturated carbocycles. The molecule has 1 atom stereocenters. The van der Waals surface area contributed by atoms with Crippen LogP contribution in [0.15, 0.2) is 0 Å². The van der Waals surface area contributed by atoms with Gasteiger partial charge >= 0.3 is 17.8 Å². The van der Waals surface area contributed by atoms with Crippen LogP contribution in [0, 0.1) is 5.92 Å². The fraction of sp³-hybridized carbons (Fsp3) is 0.727. The number of carboxylic acids is 1. The minimum Gasteiger partial charge on any atom is -0.480 e. The van der Waals surface area contributed by atoms with Crippen molar-refractivity contribution < 1.29 is 19.5 Å². The maximum Gasteiger partial charge on any atom is 0.326 e. The fourth-order valence-corrected chi connectivity index (χ4v) is 1.81. The van der Waals surface area contributed by atoms with Gasteiger partial charge < -0.3 is 14.9 Å². The highest BCUT2D eigenvalue weighted by molar-refractivity contribution is 6.35. The molecule has 0 spiro atoms. The summed E-state index contributed by atoms with van der Waals surface area (Å²) in [5.41, 5.74) is 0. The van der Waals surface area contributed by atoms with Crippen LogP contribution in [-0.2, 0) is 14.4 Å². The third-order valence-corrected chi connectivity index (χ3v) is 2.75. The van der Waals surface area contributed by atoms with Gasteiger partial charge in [-0.3, -0.25) is 9.59 Å². The molecule has 96 valence electrons. The van der Waals surface area contributed by atoms with Crippen LogP contribution in [-0.4, -0.2) is 58.4 Å². The molecule has 17 heavy (non-hydrogen) atoms. The van der Waals surface area contributed by atoms with Gasteiger partial charge in [-0.1, -0.05) is 13.8 Å². The van der Waals surface area contributed by atoms with Crippen LogP contribution >= 0.6 is 0 Å². The lowest BCUT2D eigenvalue weighted by atomic mass is 10.1. The number of piperazine rings is 1. The first-order valence-corrected chi connectivity index (χ1v) is 5.67. The first kappa shape index (κ1) is 13.5. The number of carbonyl (C=O) groups excluding carboxylic acids is 2. The van der Waals surface area contributed by atoms with Crippen molar-refractivity contribution in [2.24, 2.45) is 5.92 Å². The van der Waals surface area contributed by atoms with E-state index < -0.39 is 23.8 Å². The first-order valence-electron chi connectivity index (χ1n) is 5.67. The van der Waals surface area contributed by atoms with Crippen molar-refractivity contribution in [2.75, 3.05) is 19.6 Å². The summed E-state index contributed by atoms with van der Waals surface area (Å²) in [4.78, 5) is 36.9. The lowest BCUT2D eigenvalue weighted by Crippen LogP contribution is -2.58. The van der Waals surface area contributed by atoms with Gasteiger partial charge in [0.15, 0.2) is 0 Å². The highest BCUT2D eigenvalue weighted by Crippen LogP contribution is 2.11. The van der Waals surface area contributed by atoms with Crippen molar-refractivity contribution in [2.45, 2.75) is 26.8 Å². The van der Waals surface area contributed by atoms with Crippen molar-refractivity contribution in [3.63, 3.8) is 0 Å². The standard InChI is InChI=1S/C11H18N2O4/c1-7(2)6-12-4-5-13(8(3)11(16)17)10(15)9(12)14/h7-8H,4-6H2,1-3H3,(H,16,17). The van der Waals surface area contributed by atoms with Gasteiger partial charge in [-0.25, -0.2) is 4.79 Å². The van der Waals surface area contributed by atoms with Crippen molar-refractivity contribution in [1.29, 1.82) is 0 Å². The van der Waals surface area contributed by atoms with E-state index in [1.165, 1.54) is 11.8 Å². The lowest BCUT2D eigenvalue weighted by Gasteiger charge is -2.36. The van der Waals surface area contributed by atoms with Gasteiger partial charge in [0.1, 0.15) is 6.04 Å². The van der Waals surface area contributed by atoms with Crippen LogP contribution in [0.3, 0.4) is 0 Å². The van der Waals surface area contributed by atoms with Gasteiger partial charge in [-0.15, -0.1) is 0 Å². The second-order valence-corrected chi connectivity index (χ2v) is 4.66. The molecule has 0 bridgehead atoms. The zero-order chi connectivity index (χ0) is 13.2. The van der Waals surface area contributed by atoms with E-state index in [1.807, 2.05) is 13.8 Å². The number of rotatable bonds is 4. The van der Waals surface area contributed by atoms with Crippen LogP contribution in [0.25, 0.3) is 0 Å². The minimum absolute atomic E-state index is 0.283. The largest absolute Gasteiger partial charge is 0.480 e. The number of carbonyl (C=O) groups is 3. The van der Waals surface area contributed by atoms with Gasteiger partial charge in [0.2, 0.25) is 0 Å². The molecule has 0 aromatic heterocycles. The summed E-state index contributed by atoms with van der Waals surface area (Å²) < 4.78 is 0. The molecule has 1 fully saturated rings. The van der Waals surface area contributed by atoms with Gasteiger partial charge in [0.25, 0.3) is 0 Å². The smallest absolute Gasteiger partial charge is 0.326 e. The van der Waals surface area contributed by atoms with Crippen molar-refractivity contribution in [1.82, 2.24) is 9.80 Å². The summed E-state index contributed by atoms with van der Waals surface area (Å²) in [6.45, 7) is 6.55. The molecule has 0 aromatic carbocycles. The minimum atomic E-state index is -1.09. The number of amides is 2. The van der Waals surface area contributed by atoms with Crippen molar-refractivity contribution in [3.05, 3.63) is 0 Å². The first-order chi connectivity index (χ1) is 7.84. The Morgan fingerprint density at radius 1 is 1.24 bits per heavy atom. The van der Waals surface area contributed by atoms with E-state index in [0.29, 0.717) is 13.1 Å². The van der Waals surface area contributed by atoms with E-state index in [0.717, 1.165) is 4.90 Å². The molecule has 1 N–H and O–H groups in total. The SMILES string of the molecule is CC(C)CN1CCN(C(C)C(=O)O)C(=O)C1=O. The molecule has 0 radical (unpaired) electrons. The van der Waals surface area contributed by atoms with Gasteiger partial charge in [-0.2, -0.15) is 0 Å². The molecule has 1 aliphatic rings. The molecular formula is C11H18N2O4. The van der Waals surface area contributed by atoms with Gasteiger partial charge in [-0.05, 0) is 12.8 Å². The number of hydrogen-bond donors (Lipinski definition) is 1. The summed E-state index contributed by atoms with van der Waals surface area (Å²) in [6, 6.07) is -0.951. The second kappa shape index (κ2) is 5.16. The third kappa shape index (κ3) is 2.95. The molecular weight excluding hydrogens is 224 g/mol. The summed E-state index contributed by atoms with van der Waals surface area (Å²) >= 11 is 0. The van der Waals surface area contributed by atoms with Crippen LogP contribution in [0.4, 0.5) is 0 Å². The normalized spacial score (nSPS) is 18.8. The summed E-state index contributed by atoms with van der Waals surface area (Å²) in [5.74, 6) is -2.12. The fourth-order valence-electron chi connectivity index (χ4n) is 1.81. The van der Waals surface area contributed by atoms with Crippen molar-refractivity contribution in [3.8, 4) is 0 Å². The van der Waals surface area contributed by atoms with E-state index >= 15 is 0 Å². The Labute approximate surface area is 100 Å². The van der Waals surface area contributed by atoms with E-state index in [2.05, 4.69) is 0 Å². The van der Waals surface area contributed by atoms with Gasteiger partial charge in [0.05, 0.1) is 0 Å². The Balaban J connectivity index is 2.72. The second-order valence-electron chi connectivity index (χ2n) is 4.66.